The Balaban J connectivity index is 2.43. The van der Waals surface area contributed by atoms with Gasteiger partial charge in [0.2, 0.25) is 0 Å². The molecule has 17 heavy (non-hydrogen) atoms. The van der Waals surface area contributed by atoms with Crippen LogP contribution in [0.4, 0.5) is 0 Å². The molecular formula is C14H21ClO2. The summed E-state index contributed by atoms with van der Waals surface area (Å²) in [5, 5.41) is 9.98. The molecule has 0 heterocycles. The van der Waals surface area contributed by atoms with Crippen LogP contribution in [0.5, 0.6) is 5.75 Å². The van der Waals surface area contributed by atoms with Crippen LogP contribution in [0.1, 0.15) is 51.2 Å². The quantitative estimate of drug-likeness (QED) is 0.735. The van der Waals surface area contributed by atoms with Crippen LogP contribution >= 0.6 is 11.6 Å². The second-order valence-corrected chi connectivity index (χ2v) is 4.68. The van der Waals surface area contributed by atoms with Crippen molar-refractivity contribution in [2.24, 2.45) is 0 Å². The lowest BCUT2D eigenvalue weighted by Gasteiger charge is -2.10. The lowest BCUT2D eigenvalue weighted by Crippen LogP contribution is -1.99. The van der Waals surface area contributed by atoms with Gasteiger partial charge in [-0.1, -0.05) is 43.9 Å². The Kier molecular flexibility index (Phi) is 6.38. The molecule has 0 saturated carbocycles. The molecule has 2 nitrogen and oxygen atoms in total. The van der Waals surface area contributed by atoms with Gasteiger partial charge in [-0.3, -0.25) is 0 Å². The zero-order valence-corrected chi connectivity index (χ0v) is 11.3. The first-order valence-corrected chi connectivity index (χ1v) is 6.63. The number of rotatable bonds is 7. The van der Waals surface area contributed by atoms with Crippen molar-refractivity contribution in [1.82, 2.24) is 0 Å². The Hall–Kier alpha value is -0.730. The average Bonchev–Trinajstić information content (AvgIpc) is 2.30. The number of halogens is 1. The molecule has 0 aliphatic carbocycles. The van der Waals surface area contributed by atoms with Gasteiger partial charge in [-0.15, -0.1) is 0 Å². The van der Waals surface area contributed by atoms with E-state index in [1.54, 1.807) is 13.0 Å². The van der Waals surface area contributed by atoms with Crippen LogP contribution < -0.4 is 4.74 Å². The van der Waals surface area contributed by atoms with Gasteiger partial charge in [-0.05, 0) is 31.0 Å². The van der Waals surface area contributed by atoms with Crippen molar-refractivity contribution in [1.29, 1.82) is 0 Å². The molecule has 1 aromatic rings. The highest BCUT2D eigenvalue weighted by Crippen LogP contribution is 2.28. The topological polar surface area (TPSA) is 29.5 Å². The minimum absolute atomic E-state index is 0.494. The zero-order chi connectivity index (χ0) is 12.7. The lowest BCUT2D eigenvalue weighted by molar-refractivity contribution is 0.199. The first-order valence-electron chi connectivity index (χ1n) is 6.25. The minimum atomic E-state index is -0.494. The summed E-state index contributed by atoms with van der Waals surface area (Å²) in [6.45, 7) is 4.61. The summed E-state index contributed by atoms with van der Waals surface area (Å²) in [7, 11) is 0. The molecule has 1 N–H and O–H groups in total. The summed E-state index contributed by atoms with van der Waals surface area (Å²) < 4.78 is 5.60. The summed E-state index contributed by atoms with van der Waals surface area (Å²) in [6.07, 6.45) is 4.23. The molecule has 0 aliphatic rings. The van der Waals surface area contributed by atoms with Crippen molar-refractivity contribution >= 4 is 11.6 Å². The summed E-state index contributed by atoms with van der Waals surface area (Å²) >= 11 is 6.08. The van der Waals surface area contributed by atoms with Gasteiger partial charge in [0.15, 0.2) is 0 Å². The molecular weight excluding hydrogens is 236 g/mol. The second-order valence-electron chi connectivity index (χ2n) is 4.27. The zero-order valence-electron chi connectivity index (χ0n) is 10.6. The molecule has 0 aliphatic heterocycles. The fourth-order valence-electron chi connectivity index (χ4n) is 1.60. The van der Waals surface area contributed by atoms with Crippen LogP contribution in [-0.2, 0) is 0 Å². The van der Waals surface area contributed by atoms with E-state index in [0.29, 0.717) is 17.4 Å². The van der Waals surface area contributed by atoms with Crippen molar-refractivity contribution in [2.75, 3.05) is 6.61 Å². The van der Waals surface area contributed by atoms with Crippen LogP contribution in [0.3, 0.4) is 0 Å². The van der Waals surface area contributed by atoms with E-state index in [9.17, 15) is 5.11 Å². The molecule has 1 rings (SSSR count). The number of aliphatic hydroxyl groups is 1. The normalized spacial score (nSPS) is 12.5. The first-order chi connectivity index (χ1) is 8.15. The SMILES string of the molecule is CCCCCCOc1ccc([C@@H](C)O)cc1Cl. The molecule has 0 saturated heterocycles. The van der Waals surface area contributed by atoms with E-state index in [1.165, 1.54) is 19.3 Å². The summed E-state index contributed by atoms with van der Waals surface area (Å²) in [5.41, 5.74) is 0.813. The fraction of sp³-hybridized carbons (Fsp3) is 0.571. The van der Waals surface area contributed by atoms with Gasteiger partial charge in [0, 0.05) is 0 Å². The number of benzene rings is 1. The highest BCUT2D eigenvalue weighted by atomic mass is 35.5. The Morgan fingerprint density at radius 3 is 2.65 bits per heavy atom. The minimum Gasteiger partial charge on any atom is -0.492 e. The standard InChI is InChI=1S/C14H21ClO2/c1-3-4-5-6-9-17-14-8-7-12(11(2)16)10-13(14)15/h7-8,10-11,16H,3-6,9H2,1-2H3/t11-/m1/s1. The van der Waals surface area contributed by atoms with Crippen molar-refractivity contribution in [3.8, 4) is 5.75 Å². The van der Waals surface area contributed by atoms with E-state index in [2.05, 4.69) is 6.92 Å². The molecule has 0 bridgehead atoms. The van der Waals surface area contributed by atoms with Crippen LogP contribution in [0.25, 0.3) is 0 Å². The molecule has 3 heteroatoms. The van der Waals surface area contributed by atoms with Gasteiger partial charge in [-0.2, -0.15) is 0 Å². The third kappa shape index (κ3) is 4.97. The third-order valence-corrected chi connectivity index (χ3v) is 2.99. The molecule has 0 aromatic heterocycles. The van der Waals surface area contributed by atoms with Gasteiger partial charge in [-0.25, -0.2) is 0 Å². The van der Waals surface area contributed by atoms with Crippen LogP contribution in [0.15, 0.2) is 18.2 Å². The van der Waals surface area contributed by atoms with Crippen molar-refractivity contribution in [3.63, 3.8) is 0 Å². The van der Waals surface area contributed by atoms with Crippen LogP contribution in [0, 0.1) is 0 Å². The highest BCUT2D eigenvalue weighted by molar-refractivity contribution is 6.32. The number of ether oxygens (including phenoxy) is 1. The van der Waals surface area contributed by atoms with Gasteiger partial charge in [0.25, 0.3) is 0 Å². The van der Waals surface area contributed by atoms with E-state index in [1.807, 2.05) is 12.1 Å². The molecule has 0 unspecified atom stereocenters. The van der Waals surface area contributed by atoms with E-state index < -0.39 is 6.10 Å². The molecule has 0 amide bonds. The van der Waals surface area contributed by atoms with Crippen molar-refractivity contribution in [3.05, 3.63) is 28.8 Å². The Bertz CT molecular complexity index is 337. The van der Waals surface area contributed by atoms with E-state index in [0.717, 1.165) is 12.0 Å². The van der Waals surface area contributed by atoms with E-state index in [-0.39, 0.29) is 0 Å². The smallest absolute Gasteiger partial charge is 0.137 e. The number of aliphatic hydroxyl groups excluding tert-OH is 1. The maximum Gasteiger partial charge on any atom is 0.137 e. The monoisotopic (exact) mass is 256 g/mol. The Morgan fingerprint density at radius 2 is 2.06 bits per heavy atom. The largest absolute Gasteiger partial charge is 0.492 e. The predicted molar refractivity (Wildman–Crippen MR) is 71.7 cm³/mol. The van der Waals surface area contributed by atoms with Crippen LogP contribution in [-0.4, -0.2) is 11.7 Å². The van der Waals surface area contributed by atoms with Crippen molar-refractivity contribution < 1.29 is 9.84 Å². The molecule has 0 radical (unpaired) electrons. The van der Waals surface area contributed by atoms with Crippen LogP contribution in [0.2, 0.25) is 5.02 Å². The van der Waals surface area contributed by atoms with Gasteiger partial charge < -0.3 is 9.84 Å². The van der Waals surface area contributed by atoms with Gasteiger partial charge >= 0.3 is 0 Å². The molecule has 0 fully saturated rings. The number of unbranched alkanes of at least 4 members (excludes halogenated alkanes) is 3. The van der Waals surface area contributed by atoms with E-state index >= 15 is 0 Å². The van der Waals surface area contributed by atoms with E-state index in [4.69, 9.17) is 16.3 Å². The van der Waals surface area contributed by atoms with Gasteiger partial charge in [0.1, 0.15) is 5.75 Å². The first kappa shape index (κ1) is 14.3. The summed E-state index contributed by atoms with van der Waals surface area (Å²) in [6, 6.07) is 5.43. The average molecular weight is 257 g/mol. The molecule has 96 valence electrons. The maximum atomic E-state index is 9.41. The molecule has 0 spiro atoms. The summed E-state index contributed by atoms with van der Waals surface area (Å²) in [4.78, 5) is 0. The predicted octanol–water partition coefficient (Wildman–Crippen LogP) is 4.35. The van der Waals surface area contributed by atoms with Gasteiger partial charge in [0.05, 0.1) is 17.7 Å². The maximum absolute atomic E-state index is 9.41. The highest BCUT2D eigenvalue weighted by Gasteiger charge is 2.06. The fourth-order valence-corrected chi connectivity index (χ4v) is 1.85. The number of hydrogen-bond donors (Lipinski definition) is 1. The van der Waals surface area contributed by atoms with Crippen molar-refractivity contribution in [2.45, 2.75) is 45.6 Å². The Labute approximate surface area is 109 Å². The lowest BCUT2D eigenvalue weighted by atomic mass is 10.1. The summed E-state index contributed by atoms with van der Waals surface area (Å²) in [5.74, 6) is 0.701. The third-order valence-electron chi connectivity index (χ3n) is 2.69. The Morgan fingerprint density at radius 1 is 1.29 bits per heavy atom. The molecule has 1 aromatic carbocycles. The number of hydrogen-bond acceptors (Lipinski definition) is 2. The second kappa shape index (κ2) is 7.57. The molecule has 1 atom stereocenters.